The number of rotatable bonds is 6. The highest BCUT2D eigenvalue weighted by Gasteiger charge is 2.14. The zero-order valence-corrected chi connectivity index (χ0v) is 15.9. The maximum absolute atomic E-state index is 12.4. The summed E-state index contributed by atoms with van der Waals surface area (Å²) >= 11 is 5.73. The van der Waals surface area contributed by atoms with Crippen LogP contribution in [-0.2, 0) is 4.79 Å². The Balaban J connectivity index is 1.69. The third-order valence-electron chi connectivity index (χ3n) is 3.74. The molecule has 0 radical (unpaired) electrons. The Hall–Kier alpha value is -3.39. The summed E-state index contributed by atoms with van der Waals surface area (Å²) in [6.45, 7) is 1.56. The molecule has 0 aliphatic rings. The summed E-state index contributed by atoms with van der Waals surface area (Å²) in [6.07, 6.45) is 0. The van der Waals surface area contributed by atoms with Gasteiger partial charge in [0.25, 0.3) is 5.91 Å². The van der Waals surface area contributed by atoms with E-state index in [1.807, 2.05) is 0 Å². The Morgan fingerprint density at radius 2 is 1.86 bits per heavy atom. The zero-order chi connectivity index (χ0) is 20.1. The van der Waals surface area contributed by atoms with Gasteiger partial charge in [-0.1, -0.05) is 11.2 Å². The average Bonchev–Trinajstić information content (AvgIpc) is 3.16. The number of benzene rings is 2. The maximum Gasteiger partial charge on any atom is 0.322 e. The summed E-state index contributed by atoms with van der Waals surface area (Å²) in [6, 6.07) is 13.4. The minimum absolute atomic E-state index is 0.0420. The zero-order valence-electron chi connectivity index (χ0n) is 15.1. The molecule has 2 aromatic carbocycles. The SMILES string of the molecule is COc1ccc(-c2nnc(NC(=O)c3cccc(NC(=O)[C@H](C)Cl)c3)o2)cc1. The quantitative estimate of drug-likeness (QED) is 0.613. The molecule has 1 atom stereocenters. The van der Waals surface area contributed by atoms with Crippen molar-refractivity contribution in [3.63, 3.8) is 0 Å². The lowest BCUT2D eigenvalue weighted by Gasteiger charge is -2.08. The standard InChI is InChI=1S/C19H17ClN4O4/c1-11(20)16(25)21-14-5-3-4-13(10-14)17(26)22-19-24-23-18(28-19)12-6-8-15(27-2)9-7-12/h3-11H,1-2H3,(H,21,25)(H,22,24,26)/t11-/m0/s1. The largest absolute Gasteiger partial charge is 0.497 e. The third-order valence-corrected chi connectivity index (χ3v) is 3.93. The van der Waals surface area contributed by atoms with Gasteiger partial charge in [0, 0.05) is 16.8 Å². The minimum Gasteiger partial charge on any atom is -0.497 e. The van der Waals surface area contributed by atoms with E-state index in [1.54, 1.807) is 56.5 Å². The fraction of sp³-hybridized carbons (Fsp3) is 0.158. The van der Waals surface area contributed by atoms with E-state index in [0.29, 0.717) is 22.6 Å². The van der Waals surface area contributed by atoms with Crippen LogP contribution in [0.15, 0.2) is 52.9 Å². The number of hydrogen-bond donors (Lipinski definition) is 2. The smallest absolute Gasteiger partial charge is 0.322 e. The van der Waals surface area contributed by atoms with Crippen molar-refractivity contribution in [3.05, 3.63) is 54.1 Å². The fourth-order valence-electron chi connectivity index (χ4n) is 2.27. The molecule has 3 aromatic rings. The van der Waals surface area contributed by atoms with Gasteiger partial charge < -0.3 is 14.5 Å². The number of nitrogens with one attached hydrogen (secondary N) is 2. The Kier molecular flexibility index (Phi) is 5.90. The molecule has 1 heterocycles. The molecule has 0 aliphatic heterocycles. The molecule has 144 valence electrons. The molecular weight excluding hydrogens is 384 g/mol. The van der Waals surface area contributed by atoms with E-state index in [1.165, 1.54) is 6.07 Å². The summed E-state index contributed by atoms with van der Waals surface area (Å²) in [4.78, 5) is 24.1. The van der Waals surface area contributed by atoms with Gasteiger partial charge in [0.15, 0.2) is 0 Å². The van der Waals surface area contributed by atoms with Crippen molar-refractivity contribution in [2.75, 3.05) is 17.7 Å². The van der Waals surface area contributed by atoms with E-state index < -0.39 is 11.3 Å². The summed E-state index contributed by atoms with van der Waals surface area (Å²) in [5.74, 6) is 0.141. The average molecular weight is 401 g/mol. The second-order valence-corrected chi connectivity index (χ2v) is 6.44. The van der Waals surface area contributed by atoms with Gasteiger partial charge in [0.1, 0.15) is 11.1 Å². The number of aromatic nitrogens is 2. The van der Waals surface area contributed by atoms with E-state index in [2.05, 4.69) is 20.8 Å². The molecule has 0 aliphatic carbocycles. The van der Waals surface area contributed by atoms with E-state index in [-0.39, 0.29) is 17.8 Å². The number of amides is 2. The minimum atomic E-state index is -0.688. The number of alkyl halides is 1. The topological polar surface area (TPSA) is 106 Å². The molecule has 0 bridgehead atoms. The molecule has 0 unspecified atom stereocenters. The Labute approximate surface area is 165 Å². The second-order valence-electron chi connectivity index (χ2n) is 5.78. The molecular formula is C19H17ClN4O4. The van der Waals surface area contributed by atoms with Crippen molar-refractivity contribution in [2.24, 2.45) is 0 Å². The van der Waals surface area contributed by atoms with Crippen LogP contribution in [0.25, 0.3) is 11.5 Å². The van der Waals surface area contributed by atoms with Crippen LogP contribution in [0.5, 0.6) is 5.75 Å². The summed E-state index contributed by atoms with van der Waals surface area (Å²) in [5.41, 5.74) is 1.45. The highest BCUT2D eigenvalue weighted by atomic mass is 35.5. The van der Waals surface area contributed by atoms with Crippen molar-refractivity contribution in [3.8, 4) is 17.2 Å². The van der Waals surface area contributed by atoms with Gasteiger partial charge >= 0.3 is 6.01 Å². The number of hydrogen-bond acceptors (Lipinski definition) is 6. The first kappa shape index (κ1) is 19.4. The first-order chi connectivity index (χ1) is 13.5. The molecule has 0 saturated heterocycles. The van der Waals surface area contributed by atoms with Crippen LogP contribution in [0.3, 0.4) is 0 Å². The van der Waals surface area contributed by atoms with Crippen molar-refractivity contribution >= 4 is 35.1 Å². The van der Waals surface area contributed by atoms with E-state index in [0.717, 1.165) is 0 Å². The van der Waals surface area contributed by atoms with E-state index >= 15 is 0 Å². The van der Waals surface area contributed by atoms with Crippen LogP contribution < -0.4 is 15.4 Å². The highest BCUT2D eigenvalue weighted by molar-refractivity contribution is 6.32. The van der Waals surface area contributed by atoms with Gasteiger partial charge in [-0.25, -0.2) is 0 Å². The molecule has 0 saturated carbocycles. The molecule has 28 heavy (non-hydrogen) atoms. The number of carbonyl (C=O) groups is 2. The van der Waals surface area contributed by atoms with E-state index in [4.69, 9.17) is 20.8 Å². The lowest BCUT2D eigenvalue weighted by molar-refractivity contribution is -0.115. The first-order valence-corrected chi connectivity index (χ1v) is 8.74. The second kappa shape index (κ2) is 8.53. The normalized spacial score (nSPS) is 11.5. The third kappa shape index (κ3) is 4.66. The van der Waals surface area contributed by atoms with Crippen LogP contribution in [0, 0.1) is 0 Å². The first-order valence-electron chi connectivity index (χ1n) is 8.30. The summed E-state index contributed by atoms with van der Waals surface area (Å²) < 4.78 is 10.6. The molecule has 0 fully saturated rings. The van der Waals surface area contributed by atoms with Crippen LogP contribution >= 0.6 is 11.6 Å². The van der Waals surface area contributed by atoms with Gasteiger partial charge in [0.2, 0.25) is 11.8 Å². The Morgan fingerprint density at radius 1 is 1.11 bits per heavy atom. The molecule has 2 N–H and O–H groups in total. The highest BCUT2D eigenvalue weighted by Crippen LogP contribution is 2.23. The van der Waals surface area contributed by atoms with Gasteiger partial charge in [0.05, 0.1) is 7.11 Å². The van der Waals surface area contributed by atoms with Crippen molar-refractivity contribution in [1.29, 1.82) is 0 Å². The summed E-state index contributed by atoms with van der Waals surface area (Å²) in [5, 5.41) is 12.2. The number of anilines is 2. The van der Waals surface area contributed by atoms with Crippen molar-refractivity contribution < 1.29 is 18.7 Å². The number of nitrogens with zero attached hydrogens (tertiary/aromatic N) is 2. The maximum atomic E-state index is 12.4. The predicted molar refractivity (Wildman–Crippen MR) is 105 cm³/mol. The van der Waals surface area contributed by atoms with E-state index in [9.17, 15) is 9.59 Å². The van der Waals surface area contributed by atoms with Gasteiger partial charge in [-0.15, -0.1) is 16.7 Å². The van der Waals surface area contributed by atoms with Gasteiger partial charge in [-0.3, -0.25) is 14.9 Å². The molecule has 0 spiro atoms. The van der Waals surface area contributed by atoms with Gasteiger partial charge in [-0.2, -0.15) is 0 Å². The molecule has 8 nitrogen and oxygen atoms in total. The Bertz CT molecular complexity index is 986. The molecule has 9 heteroatoms. The number of methoxy groups -OCH3 is 1. The predicted octanol–water partition coefficient (Wildman–Crippen LogP) is 3.56. The number of ether oxygens (including phenoxy) is 1. The van der Waals surface area contributed by atoms with Crippen LogP contribution in [0.1, 0.15) is 17.3 Å². The van der Waals surface area contributed by atoms with Crippen molar-refractivity contribution in [2.45, 2.75) is 12.3 Å². The lowest BCUT2D eigenvalue weighted by atomic mass is 10.2. The van der Waals surface area contributed by atoms with Crippen LogP contribution in [-0.4, -0.2) is 34.5 Å². The summed E-state index contributed by atoms with van der Waals surface area (Å²) in [7, 11) is 1.58. The number of carbonyl (C=O) groups excluding carboxylic acids is 2. The molecule has 1 aromatic heterocycles. The number of halogens is 1. The lowest BCUT2D eigenvalue weighted by Crippen LogP contribution is -2.20. The van der Waals surface area contributed by atoms with Gasteiger partial charge in [-0.05, 0) is 49.4 Å². The van der Waals surface area contributed by atoms with Crippen molar-refractivity contribution in [1.82, 2.24) is 10.2 Å². The Morgan fingerprint density at radius 3 is 2.54 bits per heavy atom. The molecule has 3 rings (SSSR count). The fourth-order valence-corrected chi connectivity index (χ4v) is 2.33. The monoisotopic (exact) mass is 400 g/mol. The molecule has 2 amide bonds. The van der Waals surface area contributed by atoms with Crippen LogP contribution in [0.2, 0.25) is 0 Å². The van der Waals surface area contributed by atoms with Crippen LogP contribution in [0.4, 0.5) is 11.7 Å².